The van der Waals surface area contributed by atoms with E-state index in [1.54, 1.807) is 18.2 Å². The Bertz CT molecular complexity index is 1540. The van der Waals surface area contributed by atoms with Gasteiger partial charge in [0.25, 0.3) is 11.8 Å². The van der Waals surface area contributed by atoms with Crippen molar-refractivity contribution < 1.29 is 31.9 Å². The van der Waals surface area contributed by atoms with E-state index in [4.69, 9.17) is 58.0 Å². The van der Waals surface area contributed by atoms with Gasteiger partial charge in [-0.1, -0.05) is 40.9 Å². The van der Waals surface area contributed by atoms with E-state index in [1.165, 1.54) is 23.5 Å². The maximum absolute atomic E-state index is 14.7. The first kappa shape index (κ1) is 30.2. The number of benzene rings is 3. The molecule has 210 valence electrons. The van der Waals surface area contributed by atoms with E-state index in [2.05, 4.69) is 10.6 Å². The molecule has 0 spiro atoms. The second-order valence-corrected chi connectivity index (χ2v) is 11.2. The predicted octanol–water partition coefficient (Wildman–Crippen LogP) is 7.91. The fourth-order valence-electron chi connectivity index (χ4n) is 3.90. The van der Waals surface area contributed by atoms with Crippen LogP contribution < -0.4 is 16.0 Å². The molecule has 15 heteroatoms. The summed E-state index contributed by atoms with van der Waals surface area (Å²) in [5.74, 6) is -7.88. The number of nitrogens with one attached hydrogen (secondary N) is 3. The number of carbonyl (C=O) groups excluding carboxylic acids is 3. The van der Waals surface area contributed by atoms with Crippen LogP contribution in [-0.4, -0.2) is 28.5 Å². The number of hydrogen-bond donors (Lipinski definition) is 3. The molecule has 40 heavy (non-hydrogen) atoms. The van der Waals surface area contributed by atoms with Gasteiger partial charge in [0, 0.05) is 11.6 Å². The van der Waals surface area contributed by atoms with Crippen LogP contribution in [0, 0.1) is 17.6 Å². The molecule has 3 aromatic rings. The molecule has 0 unspecified atom stereocenters. The third-order valence-electron chi connectivity index (χ3n) is 5.90. The third-order valence-corrected chi connectivity index (χ3v) is 7.91. The zero-order valence-electron chi connectivity index (χ0n) is 19.5. The third kappa shape index (κ3) is 6.11. The van der Waals surface area contributed by atoms with Gasteiger partial charge in [0.15, 0.2) is 5.82 Å². The molecule has 0 aromatic heterocycles. The molecule has 0 radical (unpaired) electrons. The van der Waals surface area contributed by atoms with Crippen LogP contribution in [0.4, 0.5) is 34.6 Å². The molecule has 1 saturated carbocycles. The van der Waals surface area contributed by atoms with E-state index in [1.807, 2.05) is 0 Å². The summed E-state index contributed by atoms with van der Waals surface area (Å²) in [4.78, 5) is 37.0. The number of hydrogen-bond acceptors (Lipinski definition) is 3. The van der Waals surface area contributed by atoms with Crippen LogP contribution in [0.15, 0.2) is 48.5 Å². The fraction of sp³-hybridized carbons (Fsp3) is 0.160. The SMILES string of the molecule is O=C(Nc1ccc(F)c(NC(=O)C(F)F)c1F)c1cc(NC(=O)[C@H]2[C@H](c3ccc(Cl)c(Cl)c3)C2(Cl)Cl)ccc1Cl. The lowest BCUT2D eigenvalue weighted by atomic mass is 10.1. The van der Waals surface area contributed by atoms with Crippen molar-refractivity contribution in [2.24, 2.45) is 5.92 Å². The van der Waals surface area contributed by atoms with Gasteiger partial charge in [-0.3, -0.25) is 14.4 Å². The van der Waals surface area contributed by atoms with Gasteiger partial charge < -0.3 is 16.0 Å². The second-order valence-electron chi connectivity index (χ2n) is 8.52. The molecule has 0 bridgehead atoms. The van der Waals surface area contributed by atoms with E-state index in [-0.39, 0.29) is 21.3 Å². The molecule has 3 N–H and O–H groups in total. The van der Waals surface area contributed by atoms with Crippen LogP contribution in [0.2, 0.25) is 15.1 Å². The standard InChI is InChI=1S/C25H14Cl5F4N3O3/c26-12-4-2-10(35-23(39)18-17(25(18,29)30)9-1-3-13(27)14(28)7-9)8-11(12)22(38)36-16-6-5-15(31)20(19(16)32)37-24(40)21(33)34/h1-8,17-18,21H,(H,35,39)(H,36,38)(H,37,40)/t17-,18+/m0/s1. The van der Waals surface area contributed by atoms with Crippen molar-refractivity contribution in [1.82, 2.24) is 0 Å². The molecule has 0 heterocycles. The first-order valence-corrected chi connectivity index (χ1v) is 12.9. The predicted molar refractivity (Wildman–Crippen MR) is 146 cm³/mol. The highest BCUT2D eigenvalue weighted by atomic mass is 35.5. The number of alkyl halides is 4. The lowest BCUT2D eigenvalue weighted by Crippen LogP contribution is -2.22. The highest BCUT2D eigenvalue weighted by Crippen LogP contribution is 2.65. The first-order valence-electron chi connectivity index (χ1n) is 11.0. The number of carbonyl (C=O) groups is 3. The summed E-state index contributed by atoms with van der Waals surface area (Å²) in [5, 5.41) is 6.58. The normalized spacial score (nSPS) is 17.4. The summed E-state index contributed by atoms with van der Waals surface area (Å²) >= 11 is 30.8. The minimum absolute atomic E-state index is 0.103. The first-order chi connectivity index (χ1) is 18.7. The molecule has 4 rings (SSSR count). The summed E-state index contributed by atoms with van der Waals surface area (Å²) in [6.07, 6.45) is -3.54. The molecule has 1 aliphatic rings. The summed E-state index contributed by atoms with van der Waals surface area (Å²) in [5.41, 5.74) is -1.37. The van der Waals surface area contributed by atoms with Crippen LogP contribution in [0.5, 0.6) is 0 Å². The van der Waals surface area contributed by atoms with Gasteiger partial charge in [-0.15, -0.1) is 23.2 Å². The van der Waals surface area contributed by atoms with Crippen molar-refractivity contribution in [1.29, 1.82) is 0 Å². The Kier molecular flexibility index (Phi) is 8.77. The molecule has 0 aliphatic heterocycles. The Morgan fingerprint density at radius 2 is 1.50 bits per heavy atom. The van der Waals surface area contributed by atoms with Gasteiger partial charge in [-0.25, -0.2) is 8.78 Å². The molecular formula is C25H14Cl5F4N3O3. The molecule has 0 saturated heterocycles. The minimum Gasteiger partial charge on any atom is -0.326 e. The van der Waals surface area contributed by atoms with E-state index < -0.39 is 63.3 Å². The smallest absolute Gasteiger partial charge is 0.315 e. The van der Waals surface area contributed by atoms with Crippen LogP contribution in [0.25, 0.3) is 0 Å². The van der Waals surface area contributed by atoms with E-state index in [0.717, 1.165) is 6.07 Å². The highest BCUT2D eigenvalue weighted by Gasteiger charge is 2.67. The van der Waals surface area contributed by atoms with Crippen molar-refractivity contribution >= 4 is 92.8 Å². The minimum atomic E-state index is -3.54. The lowest BCUT2D eigenvalue weighted by molar-refractivity contribution is -0.126. The van der Waals surface area contributed by atoms with Gasteiger partial charge in [0.1, 0.15) is 15.8 Å². The van der Waals surface area contributed by atoms with Gasteiger partial charge in [0.2, 0.25) is 5.91 Å². The number of anilines is 3. The van der Waals surface area contributed by atoms with Gasteiger partial charge in [-0.05, 0) is 48.0 Å². The fourth-order valence-corrected chi connectivity index (χ4v) is 5.24. The van der Waals surface area contributed by atoms with Gasteiger partial charge in [0.05, 0.1) is 32.2 Å². The molecule has 1 fully saturated rings. The van der Waals surface area contributed by atoms with E-state index >= 15 is 0 Å². The average molecular weight is 658 g/mol. The summed E-state index contributed by atoms with van der Waals surface area (Å²) in [7, 11) is 0. The molecular weight excluding hydrogens is 644 g/mol. The molecule has 6 nitrogen and oxygen atoms in total. The van der Waals surface area contributed by atoms with Crippen molar-refractivity contribution in [3.8, 4) is 0 Å². The highest BCUT2D eigenvalue weighted by molar-refractivity contribution is 6.53. The Morgan fingerprint density at radius 1 is 0.825 bits per heavy atom. The molecule has 1 aliphatic carbocycles. The summed E-state index contributed by atoms with van der Waals surface area (Å²) in [6, 6.07) is 10.0. The Hall–Kier alpha value is -2.76. The quantitative estimate of drug-likeness (QED) is 0.178. The largest absolute Gasteiger partial charge is 0.326 e. The van der Waals surface area contributed by atoms with Crippen molar-refractivity contribution in [3.05, 3.63) is 86.4 Å². The molecule has 3 amide bonds. The van der Waals surface area contributed by atoms with Gasteiger partial charge in [-0.2, -0.15) is 8.78 Å². The zero-order chi connectivity index (χ0) is 29.5. The van der Waals surface area contributed by atoms with E-state index in [9.17, 15) is 31.9 Å². The monoisotopic (exact) mass is 655 g/mol. The second kappa shape index (κ2) is 11.6. The average Bonchev–Trinajstić information content (AvgIpc) is 3.47. The van der Waals surface area contributed by atoms with Crippen LogP contribution in [0.3, 0.4) is 0 Å². The van der Waals surface area contributed by atoms with Crippen LogP contribution in [0.1, 0.15) is 21.8 Å². The maximum atomic E-state index is 14.7. The van der Waals surface area contributed by atoms with E-state index in [0.29, 0.717) is 16.7 Å². The number of amides is 3. The lowest BCUT2D eigenvalue weighted by Gasteiger charge is -2.13. The number of rotatable bonds is 7. The van der Waals surface area contributed by atoms with Gasteiger partial charge >= 0.3 is 6.43 Å². The van der Waals surface area contributed by atoms with Crippen LogP contribution in [-0.2, 0) is 9.59 Å². The Morgan fingerprint density at radius 3 is 2.15 bits per heavy atom. The summed E-state index contributed by atoms with van der Waals surface area (Å²) < 4.78 is 52.3. The van der Waals surface area contributed by atoms with Crippen LogP contribution >= 0.6 is 58.0 Å². The Labute approximate surface area is 248 Å². The van der Waals surface area contributed by atoms with Crippen molar-refractivity contribution in [2.45, 2.75) is 16.7 Å². The maximum Gasteiger partial charge on any atom is 0.315 e. The topological polar surface area (TPSA) is 87.3 Å². The van der Waals surface area contributed by atoms with Crippen molar-refractivity contribution in [2.75, 3.05) is 16.0 Å². The molecule has 2 atom stereocenters. The number of halogens is 9. The zero-order valence-corrected chi connectivity index (χ0v) is 23.3. The summed E-state index contributed by atoms with van der Waals surface area (Å²) in [6.45, 7) is 0. The van der Waals surface area contributed by atoms with Crippen molar-refractivity contribution in [3.63, 3.8) is 0 Å². The Balaban J connectivity index is 1.51. The molecule has 3 aromatic carbocycles.